The number of hydrogen-bond donors (Lipinski definition) is 0. The average molecular weight is 226 g/mol. The van der Waals surface area contributed by atoms with Crippen molar-refractivity contribution >= 4 is 0 Å². The Morgan fingerprint density at radius 3 is 1.62 bits per heavy atom. The zero-order valence-corrected chi connectivity index (χ0v) is 10.9. The first-order chi connectivity index (χ1) is 7.81. The van der Waals surface area contributed by atoms with E-state index in [1.54, 1.807) is 0 Å². The predicted molar refractivity (Wildman–Crippen MR) is 69.5 cm³/mol. The molecule has 0 aromatic heterocycles. The van der Waals surface area contributed by atoms with Crippen molar-refractivity contribution in [1.29, 1.82) is 0 Å². The minimum Gasteiger partial charge on any atom is -0.353 e. The van der Waals surface area contributed by atoms with Gasteiger partial charge in [-0.15, -0.1) is 0 Å². The Morgan fingerprint density at radius 1 is 0.812 bits per heavy atom. The lowest BCUT2D eigenvalue weighted by Gasteiger charge is -2.12. The Labute approximate surface area is 100 Å². The molecule has 0 rings (SSSR count). The van der Waals surface area contributed by atoms with Crippen molar-refractivity contribution in [3.05, 3.63) is 24.3 Å². The molecule has 0 aliphatic carbocycles. The first-order valence-corrected chi connectivity index (χ1v) is 6.34. The summed E-state index contributed by atoms with van der Waals surface area (Å²) in [6.45, 7) is 7.69. The van der Waals surface area contributed by atoms with Crippen molar-refractivity contribution in [1.82, 2.24) is 0 Å². The predicted octanol–water partition coefficient (Wildman–Crippen LogP) is 4.08. The Balaban J connectivity index is 3.27. The fourth-order valence-electron chi connectivity index (χ4n) is 1.22. The van der Waals surface area contributed by atoms with E-state index in [0.717, 1.165) is 38.9 Å². The Bertz CT molecular complexity index is 165. The number of allylic oxidation sites excluding steroid dienone is 2. The zero-order chi connectivity index (χ0) is 12.1. The first kappa shape index (κ1) is 15.4. The second-order valence-corrected chi connectivity index (χ2v) is 3.65. The second kappa shape index (κ2) is 12.5. The van der Waals surface area contributed by atoms with Crippen LogP contribution in [0.1, 0.15) is 46.5 Å². The fourth-order valence-corrected chi connectivity index (χ4v) is 1.22. The molecule has 0 aliphatic rings. The third kappa shape index (κ3) is 11.5. The van der Waals surface area contributed by atoms with Crippen LogP contribution in [0.5, 0.6) is 0 Å². The molecule has 0 heterocycles. The summed E-state index contributed by atoms with van der Waals surface area (Å²) in [5, 5.41) is 0. The molecule has 0 radical (unpaired) electrons. The molecule has 94 valence electrons. The van der Waals surface area contributed by atoms with Crippen LogP contribution in [0.2, 0.25) is 0 Å². The smallest absolute Gasteiger partial charge is 0.154 e. The summed E-state index contributed by atoms with van der Waals surface area (Å²) in [5.74, 6) is 0. The van der Waals surface area contributed by atoms with E-state index in [-0.39, 0.29) is 6.29 Å². The minimum absolute atomic E-state index is 0.0925. The van der Waals surface area contributed by atoms with Gasteiger partial charge in [-0.05, 0) is 32.6 Å². The van der Waals surface area contributed by atoms with Crippen LogP contribution in [-0.2, 0) is 9.47 Å². The van der Waals surface area contributed by atoms with Gasteiger partial charge in [0.05, 0.1) is 13.2 Å². The van der Waals surface area contributed by atoms with Crippen molar-refractivity contribution in [3.8, 4) is 0 Å². The van der Waals surface area contributed by atoms with Crippen LogP contribution in [0.4, 0.5) is 0 Å². The molecule has 0 aromatic rings. The Hall–Kier alpha value is -0.600. The summed E-state index contributed by atoms with van der Waals surface area (Å²) in [4.78, 5) is 0. The number of hydrogen-bond acceptors (Lipinski definition) is 2. The largest absolute Gasteiger partial charge is 0.353 e. The molecule has 0 saturated heterocycles. The quantitative estimate of drug-likeness (QED) is 0.317. The van der Waals surface area contributed by atoms with Crippen molar-refractivity contribution < 1.29 is 9.47 Å². The first-order valence-electron chi connectivity index (χ1n) is 6.34. The van der Waals surface area contributed by atoms with Crippen LogP contribution in [0.25, 0.3) is 0 Å². The molecule has 16 heavy (non-hydrogen) atoms. The van der Waals surface area contributed by atoms with Gasteiger partial charge in [-0.1, -0.05) is 38.2 Å². The van der Waals surface area contributed by atoms with Crippen LogP contribution in [-0.4, -0.2) is 19.5 Å². The highest BCUT2D eigenvalue weighted by molar-refractivity contribution is 4.80. The third-order valence-electron chi connectivity index (χ3n) is 2.08. The van der Waals surface area contributed by atoms with E-state index in [1.807, 2.05) is 6.92 Å². The van der Waals surface area contributed by atoms with E-state index in [1.165, 1.54) is 0 Å². The molecule has 0 bridgehead atoms. The minimum atomic E-state index is -0.0925. The third-order valence-corrected chi connectivity index (χ3v) is 2.08. The lowest BCUT2D eigenvalue weighted by molar-refractivity contribution is -0.128. The van der Waals surface area contributed by atoms with Gasteiger partial charge in [0.25, 0.3) is 0 Å². The molecule has 0 N–H and O–H groups in total. The van der Waals surface area contributed by atoms with Gasteiger partial charge in [0, 0.05) is 0 Å². The van der Waals surface area contributed by atoms with Gasteiger partial charge in [-0.25, -0.2) is 0 Å². The lowest BCUT2D eigenvalue weighted by Crippen LogP contribution is -2.14. The molecular formula is C14H26O2. The topological polar surface area (TPSA) is 18.5 Å². The van der Waals surface area contributed by atoms with Gasteiger partial charge in [-0.3, -0.25) is 0 Å². The zero-order valence-electron chi connectivity index (χ0n) is 10.9. The molecule has 0 spiro atoms. The SMILES string of the molecule is CC/C=C/CCOC(C)OCC/C=C/CC. The van der Waals surface area contributed by atoms with Crippen molar-refractivity contribution in [2.45, 2.75) is 52.7 Å². The number of ether oxygens (including phenoxy) is 2. The molecule has 0 aromatic carbocycles. The summed E-state index contributed by atoms with van der Waals surface area (Å²) < 4.78 is 11.0. The summed E-state index contributed by atoms with van der Waals surface area (Å²) in [7, 11) is 0. The molecular weight excluding hydrogens is 200 g/mol. The van der Waals surface area contributed by atoms with E-state index >= 15 is 0 Å². The number of rotatable bonds is 10. The van der Waals surface area contributed by atoms with Gasteiger partial charge in [0.1, 0.15) is 0 Å². The molecule has 2 heteroatoms. The van der Waals surface area contributed by atoms with Crippen LogP contribution in [0.15, 0.2) is 24.3 Å². The summed E-state index contributed by atoms with van der Waals surface area (Å²) in [6.07, 6.45) is 12.6. The van der Waals surface area contributed by atoms with Crippen LogP contribution in [0, 0.1) is 0 Å². The normalized spacial score (nSPS) is 12.2. The van der Waals surface area contributed by atoms with Crippen molar-refractivity contribution in [3.63, 3.8) is 0 Å². The molecule has 0 atom stereocenters. The maximum atomic E-state index is 5.50. The standard InChI is InChI=1S/C14H26O2/c1-4-6-8-10-12-15-14(3)16-13-11-9-7-5-2/h6-9,14H,4-5,10-13H2,1-3H3/b8-6+,9-7+. The summed E-state index contributed by atoms with van der Waals surface area (Å²) in [6, 6.07) is 0. The average Bonchev–Trinajstić information content (AvgIpc) is 2.28. The molecule has 0 aliphatic heterocycles. The van der Waals surface area contributed by atoms with E-state index in [0.29, 0.717) is 0 Å². The van der Waals surface area contributed by atoms with E-state index in [2.05, 4.69) is 38.2 Å². The fraction of sp³-hybridized carbons (Fsp3) is 0.714. The molecule has 2 nitrogen and oxygen atoms in total. The monoisotopic (exact) mass is 226 g/mol. The van der Waals surface area contributed by atoms with Gasteiger partial charge in [0.2, 0.25) is 0 Å². The van der Waals surface area contributed by atoms with Crippen molar-refractivity contribution in [2.24, 2.45) is 0 Å². The van der Waals surface area contributed by atoms with Crippen molar-refractivity contribution in [2.75, 3.05) is 13.2 Å². The summed E-state index contributed by atoms with van der Waals surface area (Å²) >= 11 is 0. The van der Waals surface area contributed by atoms with E-state index < -0.39 is 0 Å². The van der Waals surface area contributed by atoms with Crippen LogP contribution >= 0.6 is 0 Å². The lowest BCUT2D eigenvalue weighted by atomic mass is 10.3. The van der Waals surface area contributed by atoms with E-state index in [9.17, 15) is 0 Å². The highest BCUT2D eigenvalue weighted by Gasteiger charge is 1.99. The molecule has 0 unspecified atom stereocenters. The van der Waals surface area contributed by atoms with Crippen LogP contribution < -0.4 is 0 Å². The Morgan fingerprint density at radius 2 is 1.25 bits per heavy atom. The van der Waals surface area contributed by atoms with Gasteiger partial charge in [0.15, 0.2) is 6.29 Å². The highest BCUT2D eigenvalue weighted by atomic mass is 16.7. The maximum absolute atomic E-state index is 5.50. The molecule has 0 amide bonds. The molecule has 0 saturated carbocycles. The summed E-state index contributed by atoms with van der Waals surface area (Å²) in [5.41, 5.74) is 0. The van der Waals surface area contributed by atoms with Gasteiger partial charge < -0.3 is 9.47 Å². The Kier molecular flexibility index (Phi) is 12.0. The van der Waals surface area contributed by atoms with Crippen LogP contribution in [0.3, 0.4) is 0 Å². The molecule has 0 fully saturated rings. The van der Waals surface area contributed by atoms with Gasteiger partial charge in [-0.2, -0.15) is 0 Å². The highest BCUT2D eigenvalue weighted by Crippen LogP contribution is 1.98. The maximum Gasteiger partial charge on any atom is 0.154 e. The second-order valence-electron chi connectivity index (χ2n) is 3.65. The van der Waals surface area contributed by atoms with Gasteiger partial charge >= 0.3 is 0 Å². The van der Waals surface area contributed by atoms with E-state index in [4.69, 9.17) is 9.47 Å².